The number of piperazine rings is 1. The van der Waals surface area contributed by atoms with Gasteiger partial charge >= 0.3 is 0 Å². The summed E-state index contributed by atoms with van der Waals surface area (Å²) in [6.07, 6.45) is 0.433. The molecule has 1 aromatic rings. The molecule has 1 saturated heterocycles. The minimum atomic E-state index is -3.55. The van der Waals surface area contributed by atoms with Crippen LogP contribution >= 0.6 is 23.2 Å². The van der Waals surface area contributed by atoms with E-state index in [-0.39, 0.29) is 23.9 Å². The lowest BCUT2D eigenvalue weighted by Crippen LogP contribution is -2.52. The van der Waals surface area contributed by atoms with Crippen LogP contribution in [0.4, 0.5) is 0 Å². The van der Waals surface area contributed by atoms with Crippen LogP contribution in [0, 0.1) is 5.41 Å². The van der Waals surface area contributed by atoms with E-state index >= 15 is 0 Å². The maximum atomic E-state index is 12.8. The first kappa shape index (κ1) is 19.9. The van der Waals surface area contributed by atoms with Crippen molar-refractivity contribution >= 4 is 39.1 Å². The number of carbonyl (C=O) groups is 1. The third-order valence-electron chi connectivity index (χ3n) is 5.44. The molecule has 0 spiro atoms. The Labute approximate surface area is 165 Å². The molecule has 2 fully saturated rings. The van der Waals surface area contributed by atoms with Gasteiger partial charge in [-0.1, -0.05) is 26.0 Å². The lowest BCUT2D eigenvalue weighted by atomic mass is 10.0. The quantitative estimate of drug-likeness (QED) is 0.705. The van der Waals surface area contributed by atoms with Gasteiger partial charge in [-0.2, -0.15) is 4.31 Å². The Hall–Kier alpha value is -0.820. The first-order valence-corrected chi connectivity index (χ1v) is 11.0. The predicted molar refractivity (Wildman–Crippen MR) is 103 cm³/mol. The fourth-order valence-electron chi connectivity index (χ4n) is 3.29. The number of nitrogens with zero attached hydrogens (tertiary/aromatic N) is 2. The molecule has 0 bridgehead atoms. The van der Waals surface area contributed by atoms with Gasteiger partial charge in [0.2, 0.25) is 15.9 Å². The van der Waals surface area contributed by atoms with Crippen molar-refractivity contribution in [3.8, 4) is 0 Å². The average molecular weight is 419 g/mol. The van der Waals surface area contributed by atoms with Crippen LogP contribution < -0.4 is 0 Å². The largest absolute Gasteiger partial charge is 0.339 e. The second kappa shape index (κ2) is 6.66. The van der Waals surface area contributed by atoms with Gasteiger partial charge in [-0.25, -0.2) is 8.42 Å². The van der Waals surface area contributed by atoms with Gasteiger partial charge in [0.25, 0.3) is 0 Å². The maximum absolute atomic E-state index is 12.8. The Morgan fingerprint density at radius 1 is 1.08 bits per heavy atom. The molecule has 1 amide bonds. The highest BCUT2D eigenvalue weighted by molar-refractivity contribution is 7.89. The van der Waals surface area contributed by atoms with Crippen LogP contribution in [0.15, 0.2) is 29.2 Å². The number of sulfonamides is 1. The van der Waals surface area contributed by atoms with Crippen LogP contribution in [0.1, 0.15) is 38.7 Å². The second-order valence-electron chi connectivity index (χ2n) is 7.63. The van der Waals surface area contributed by atoms with E-state index in [1.54, 1.807) is 24.0 Å². The number of hydrogen-bond donors (Lipinski definition) is 0. The summed E-state index contributed by atoms with van der Waals surface area (Å²) < 4.78 is 26.1. The lowest BCUT2D eigenvalue weighted by molar-refractivity contribution is -0.137. The van der Waals surface area contributed by atoms with Gasteiger partial charge in [-0.3, -0.25) is 4.79 Å². The summed E-state index contributed by atoms with van der Waals surface area (Å²) in [4.78, 5) is 14.6. The molecule has 0 aromatic heterocycles. The molecule has 1 aromatic carbocycles. The van der Waals surface area contributed by atoms with Crippen molar-refractivity contribution in [2.24, 2.45) is 5.41 Å². The monoisotopic (exact) mass is 418 g/mol. The van der Waals surface area contributed by atoms with Crippen molar-refractivity contribution in [3.05, 3.63) is 29.8 Å². The fraction of sp³-hybridized carbons (Fsp3) is 0.611. The first-order chi connectivity index (χ1) is 12.0. The van der Waals surface area contributed by atoms with E-state index in [0.717, 1.165) is 5.56 Å². The molecular formula is C18H24Cl2N2O3S. The van der Waals surface area contributed by atoms with Crippen molar-refractivity contribution in [3.63, 3.8) is 0 Å². The summed E-state index contributed by atoms with van der Waals surface area (Å²) >= 11 is 12.2. The zero-order valence-electron chi connectivity index (χ0n) is 15.2. The second-order valence-corrected chi connectivity index (χ2v) is 11.1. The number of hydrogen-bond acceptors (Lipinski definition) is 3. The van der Waals surface area contributed by atoms with Gasteiger partial charge < -0.3 is 4.90 Å². The summed E-state index contributed by atoms with van der Waals surface area (Å²) in [5.74, 6) is 0.252. The summed E-state index contributed by atoms with van der Waals surface area (Å²) in [6, 6.07) is 7.02. The van der Waals surface area contributed by atoms with Crippen LogP contribution in [-0.4, -0.2) is 54.0 Å². The number of amides is 1. The molecule has 0 radical (unpaired) electrons. The molecule has 1 unspecified atom stereocenters. The highest BCUT2D eigenvalue weighted by atomic mass is 35.5. The van der Waals surface area contributed by atoms with Gasteiger partial charge in [0.1, 0.15) is 4.33 Å². The number of carbonyl (C=O) groups excluding carboxylic acids is 1. The molecule has 5 nitrogen and oxygen atoms in total. The lowest BCUT2D eigenvalue weighted by Gasteiger charge is -2.35. The molecule has 1 aliphatic heterocycles. The van der Waals surface area contributed by atoms with Gasteiger partial charge in [-0.15, -0.1) is 23.2 Å². The molecule has 1 saturated carbocycles. The van der Waals surface area contributed by atoms with E-state index in [1.807, 2.05) is 12.1 Å². The van der Waals surface area contributed by atoms with Crippen LogP contribution in [0.3, 0.4) is 0 Å². The summed E-state index contributed by atoms with van der Waals surface area (Å²) in [7, 11) is -3.55. The zero-order chi connectivity index (χ0) is 19.3. The predicted octanol–water partition coefficient (Wildman–Crippen LogP) is 3.23. The van der Waals surface area contributed by atoms with Crippen molar-refractivity contribution in [2.75, 3.05) is 26.2 Å². The molecule has 144 valence electrons. The number of rotatable bonds is 4. The molecule has 1 heterocycles. The average Bonchev–Trinajstić information content (AvgIpc) is 3.13. The number of halogens is 2. The molecule has 26 heavy (non-hydrogen) atoms. The van der Waals surface area contributed by atoms with E-state index in [9.17, 15) is 13.2 Å². The van der Waals surface area contributed by atoms with Gasteiger partial charge in [0.05, 0.1) is 10.3 Å². The Balaban J connectivity index is 1.66. The topological polar surface area (TPSA) is 57.7 Å². The first-order valence-electron chi connectivity index (χ1n) is 8.76. The summed E-state index contributed by atoms with van der Waals surface area (Å²) in [5, 5.41) is 0. The molecule has 3 rings (SSSR count). The van der Waals surface area contributed by atoms with E-state index in [0.29, 0.717) is 25.4 Å². The molecule has 1 atom stereocenters. The Morgan fingerprint density at radius 3 is 2.00 bits per heavy atom. The van der Waals surface area contributed by atoms with E-state index < -0.39 is 19.8 Å². The summed E-state index contributed by atoms with van der Waals surface area (Å²) in [6.45, 7) is 7.13. The molecule has 8 heteroatoms. The highest BCUT2D eigenvalue weighted by Crippen LogP contribution is 2.64. The number of benzene rings is 1. The molecule has 1 aliphatic carbocycles. The molecule has 0 N–H and O–H groups in total. The van der Waals surface area contributed by atoms with Crippen molar-refractivity contribution in [2.45, 2.75) is 42.3 Å². The minimum Gasteiger partial charge on any atom is -0.339 e. The van der Waals surface area contributed by atoms with Gasteiger partial charge in [-0.05, 0) is 37.0 Å². The normalized spacial score (nSPS) is 26.2. The van der Waals surface area contributed by atoms with Gasteiger partial charge in [0, 0.05) is 26.2 Å². The zero-order valence-corrected chi connectivity index (χ0v) is 17.5. The van der Waals surface area contributed by atoms with E-state index in [1.165, 1.54) is 4.31 Å². The SMILES string of the molecule is CC(C)c1ccc(S(=O)(=O)N2CCN(C(=O)C3(C)CC3(Cl)Cl)CC2)cc1. The van der Waals surface area contributed by atoms with Crippen molar-refractivity contribution in [1.29, 1.82) is 0 Å². The van der Waals surface area contributed by atoms with Crippen molar-refractivity contribution < 1.29 is 13.2 Å². The molecular weight excluding hydrogens is 395 g/mol. The standard InChI is InChI=1S/C18H24Cl2N2O3S/c1-13(2)14-4-6-15(7-5-14)26(24,25)22-10-8-21(9-11-22)16(23)17(3)12-18(17,19)20/h4-7,13H,8-12H2,1-3H3. The third kappa shape index (κ3) is 3.37. The van der Waals surface area contributed by atoms with Gasteiger partial charge in [0.15, 0.2) is 0 Å². The summed E-state index contributed by atoms with van der Waals surface area (Å²) in [5.41, 5.74) is 0.340. The van der Waals surface area contributed by atoms with Crippen LogP contribution in [0.2, 0.25) is 0 Å². The van der Waals surface area contributed by atoms with Crippen LogP contribution in [-0.2, 0) is 14.8 Å². The maximum Gasteiger partial charge on any atom is 0.243 e. The minimum absolute atomic E-state index is 0.0964. The fourth-order valence-corrected chi connectivity index (χ4v) is 5.40. The highest BCUT2D eigenvalue weighted by Gasteiger charge is 2.68. The van der Waals surface area contributed by atoms with Crippen molar-refractivity contribution in [1.82, 2.24) is 9.21 Å². The van der Waals surface area contributed by atoms with Crippen LogP contribution in [0.25, 0.3) is 0 Å². The van der Waals surface area contributed by atoms with Crippen LogP contribution in [0.5, 0.6) is 0 Å². The third-order valence-corrected chi connectivity index (χ3v) is 8.45. The Bertz CT molecular complexity index is 800. The Morgan fingerprint density at radius 2 is 1.58 bits per heavy atom. The van der Waals surface area contributed by atoms with E-state index in [4.69, 9.17) is 23.2 Å². The van der Waals surface area contributed by atoms with E-state index in [2.05, 4.69) is 13.8 Å². The number of alkyl halides is 2. The Kier molecular flexibility index (Phi) is 5.10. The smallest absolute Gasteiger partial charge is 0.243 e. The molecule has 2 aliphatic rings.